The molecule has 0 aliphatic heterocycles. The number of H-pyrrole nitrogens is 1. The van der Waals surface area contributed by atoms with Crippen LogP contribution in [0.5, 0.6) is 0 Å². The smallest absolute Gasteiger partial charge is 0.355 e. The Morgan fingerprint density at radius 2 is 1.82 bits per heavy atom. The fourth-order valence-electron chi connectivity index (χ4n) is 2.04. The van der Waals surface area contributed by atoms with Crippen molar-refractivity contribution in [3.63, 3.8) is 0 Å². The molecule has 0 saturated heterocycles. The molecule has 0 aliphatic rings. The molecule has 1 aromatic carbocycles. The molecule has 0 amide bonds. The van der Waals surface area contributed by atoms with Crippen molar-refractivity contribution in [1.29, 1.82) is 0 Å². The third kappa shape index (κ3) is 2.64. The van der Waals surface area contributed by atoms with Crippen LogP contribution in [0.25, 0.3) is 11.1 Å². The average Bonchev–Trinajstić information content (AvgIpc) is 2.92. The number of aromatic amines is 1. The summed E-state index contributed by atoms with van der Waals surface area (Å²) in [5.74, 6) is -0.816. The van der Waals surface area contributed by atoms with Crippen LogP contribution in [0.15, 0.2) is 30.5 Å². The van der Waals surface area contributed by atoms with E-state index < -0.39 is 21.5 Å². The molecule has 22 heavy (non-hydrogen) atoms. The van der Waals surface area contributed by atoms with Gasteiger partial charge in [-0.2, -0.15) is 0 Å². The number of hydrogen-bond donors (Lipinski definition) is 1. The van der Waals surface area contributed by atoms with E-state index in [1.54, 1.807) is 6.92 Å². The fourth-order valence-corrected chi connectivity index (χ4v) is 2.04. The molecule has 2 rings (SSSR count). The van der Waals surface area contributed by atoms with E-state index in [0.29, 0.717) is 0 Å². The Morgan fingerprint density at radius 3 is 2.41 bits per heavy atom. The number of rotatable bonds is 5. The third-order valence-corrected chi connectivity index (χ3v) is 2.91. The minimum atomic E-state index is -0.816. The molecule has 9 heteroatoms. The van der Waals surface area contributed by atoms with Crippen molar-refractivity contribution >= 4 is 17.3 Å². The van der Waals surface area contributed by atoms with Crippen molar-refractivity contribution in [3.8, 4) is 11.1 Å². The lowest BCUT2D eigenvalue weighted by atomic mass is 10.0. The SMILES string of the molecule is CCOC(=O)c1[nH]cc([N+](=O)[O-])c1-c1ccccc1[N+](=O)[O-]. The zero-order chi connectivity index (χ0) is 16.3. The maximum Gasteiger partial charge on any atom is 0.355 e. The van der Waals surface area contributed by atoms with Crippen molar-refractivity contribution in [3.05, 3.63) is 56.4 Å². The van der Waals surface area contributed by atoms with Gasteiger partial charge < -0.3 is 9.72 Å². The predicted molar refractivity (Wildman–Crippen MR) is 75.5 cm³/mol. The summed E-state index contributed by atoms with van der Waals surface area (Å²) >= 11 is 0. The zero-order valence-electron chi connectivity index (χ0n) is 11.4. The number of nitrogens with one attached hydrogen (secondary N) is 1. The van der Waals surface area contributed by atoms with Gasteiger partial charge in [0, 0.05) is 6.07 Å². The van der Waals surface area contributed by atoms with Gasteiger partial charge in [0.1, 0.15) is 5.69 Å². The van der Waals surface area contributed by atoms with Crippen LogP contribution in [0, 0.1) is 20.2 Å². The van der Waals surface area contributed by atoms with Crippen molar-refractivity contribution < 1.29 is 19.4 Å². The first-order chi connectivity index (χ1) is 10.5. The lowest BCUT2D eigenvalue weighted by molar-refractivity contribution is -0.386. The molecule has 0 aliphatic carbocycles. The molecular weight excluding hydrogens is 294 g/mol. The number of nitrogens with zero attached hydrogens (tertiary/aromatic N) is 2. The van der Waals surface area contributed by atoms with Crippen LogP contribution in [0.4, 0.5) is 11.4 Å². The molecular formula is C13H11N3O6. The Kier molecular flexibility index (Phi) is 4.16. The van der Waals surface area contributed by atoms with Crippen LogP contribution < -0.4 is 0 Å². The number of carbonyl (C=O) groups excluding carboxylic acids is 1. The summed E-state index contributed by atoms with van der Waals surface area (Å²) in [6.07, 6.45) is 1.01. The summed E-state index contributed by atoms with van der Waals surface area (Å²) in [6, 6.07) is 5.48. The number of aromatic nitrogens is 1. The molecule has 0 saturated carbocycles. The topological polar surface area (TPSA) is 128 Å². The summed E-state index contributed by atoms with van der Waals surface area (Å²) in [5.41, 5.74) is -1.14. The fraction of sp³-hybridized carbons (Fsp3) is 0.154. The predicted octanol–water partition coefficient (Wildman–Crippen LogP) is 2.67. The highest BCUT2D eigenvalue weighted by Gasteiger charge is 2.30. The Morgan fingerprint density at radius 1 is 1.18 bits per heavy atom. The Labute approximate surface area is 123 Å². The van der Waals surface area contributed by atoms with E-state index in [2.05, 4.69) is 4.98 Å². The van der Waals surface area contributed by atoms with Crippen molar-refractivity contribution in [2.45, 2.75) is 6.92 Å². The lowest BCUT2D eigenvalue weighted by Crippen LogP contribution is -2.07. The molecule has 0 unspecified atom stereocenters. The highest BCUT2D eigenvalue weighted by Crippen LogP contribution is 2.38. The number of hydrogen-bond acceptors (Lipinski definition) is 6. The van der Waals surface area contributed by atoms with Gasteiger partial charge in [-0.3, -0.25) is 20.2 Å². The van der Waals surface area contributed by atoms with Crippen molar-refractivity contribution in [2.24, 2.45) is 0 Å². The van der Waals surface area contributed by atoms with E-state index in [1.807, 2.05) is 0 Å². The molecule has 9 nitrogen and oxygen atoms in total. The van der Waals surface area contributed by atoms with Gasteiger partial charge in [-0.05, 0) is 13.0 Å². The van der Waals surface area contributed by atoms with Crippen molar-refractivity contribution in [2.75, 3.05) is 6.61 Å². The molecule has 1 aromatic heterocycles. The monoisotopic (exact) mass is 305 g/mol. The van der Waals surface area contributed by atoms with Gasteiger partial charge in [0.25, 0.3) is 11.4 Å². The summed E-state index contributed by atoms with van der Waals surface area (Å²) < 4.78 is 4.82. The van der Waals surface area contributed by atoms with E-state index in [-0.39, 0.29) is 29.1 Å². The minimum Gasteiger partial charge on any atom is -0.461 e. The number of carbonyl (C=O) groups is 1. The van der Waals surface area contributed by atoms with E-state index in [9.17, 15) is 25.0 Å². The van der Waals surface area contributed by atoms with Gasteiger partial charge in [-0.25, -0.2) is 4.79 Å². The summed E-state index contributed by atoms with van der Waals surface area (Å²) in [7, 11) is 0. The van der Waals surface area contributed by atoms with Crippen LogP contribution in [0.2, 0.25) is 0 Å². The first-order valence-electron chi connectivity index (χ1n) is 6.24. The molecule has 0 atom stereocenters. The number of benzene rings is 1. The van der Waals surface area contributed by atoms with Crippen LogP contribution in [-0.4, -0.2) is 27.4 Å². The quantitative estimate of drug-likeness (QED) is 0.513. The molecule has 114 valence electrons. The van der Waals surface area contributed by atoms with Gasteiger partial charge in [0.15, 0.2) is 0 Å². The molecule has 0 radical (unpaired) electrons. The molecule has 2 aromatic rings. The molecule has 0 fully saturated rings. The van der Waals surface area contributed by atoms with Crippen LogP contribution in [-0.2, 0) is 4.74 Å². The van der Waals surface area contributed by atoms with Crippen LogP contribution >= 0.6 is 0 Å². The Balaban J connectivity index is 2.73. The summed E-state index contributed by atoms with van der Waals surface area (Å²) in [6.45, 7) is 1.65. The Hall–Kier alpha value is -3.23. The van der Waals surface area contributed by atoms with E-state index in [0.717, 1.165) is 6.20 Å². The standard InChI is InChI=1S/C13H11N3O6/c1-2-22-13(17)12-11(10(7-14-12)16(20)21)8-5-3-4-6-9(8)15(18)19/h3-7,14H,2H2,1H3. The first kappa shape index (κ1) is 15.2. The average molecular weight is 305 g/mol. The molecule has 0 bridgehead atoms. The largest absolute Gasteiger partial charge is 0.461 e. The molecule has 0 spiro atoms. The Bertz CT molecular complexity index is 752. The highest BCUT2D eigenvalue weighted by molar-refractivity contribution is 6.00. The second-order valence-electron chi connectivity index (χ2n) is 4.18. The second kappa shape index (κ2) is 6.04. The molecule has 1 heterocycles. The summed E-state index contributed by atoms with van der Waals surface area (Å²) in [5, 5.41) is 22.2. The van der Waals surface area contributed by atoms with Gasteiger partial charge in [-0.15, -0.1) is 0 Å². The number of esters is 1. The normalized spacial score (nSPS) is 10.2. The second-order valence-corrected chi connectivity index (χ2v) is 4.18. The van der Waals surface area contributed by atoms with E-state index in [4.69, 9.17) is 4.74 Å². The van der Waals surface area contributed by atoms with Gasteiger partial charge in [-0.1, -0.05) is 12.1 Å². The van der Waals surface area contributed by atoms with E-state index in [1.165, 1.54) is 24.3 Å². The first-order valence-corrected chi connectivity index (χ1v) is 6.24. The highest BCUT2D eigenvalue weighted by atomic mass is 16.6. The van der Waals surface area contributed by atoms with Gasteiger partial charge >= 0.3 is 5.97 Å². The number of ether oxygens (including phenoxy) is 1. The zero-order valence-corrected chi connectivity index (χ0v) is 11.4. The lowest BCUT2D eigenvalue weighted by Gasteiger charge is -2.05. The van der Waals surface area contributed by atoms with Crippen LogP contribution in [0.3, 0.4) is 0 Å². The van der Waals surface area contributed by atoms with Gasteiger partial charge in [0.05, 0.1) is 33.8 Å². The maximum atomic E-state index is 11.9. The number of para-hydroxylation sites is 1. The minimum absolute atomic E-state index is 0.0245. The number of nitro groups is 2. The third-order valence-electron chi connectivity index (χ3n) is 2.91. The van der Waals surface area contributed by atoms with E-state index >= 15 is 0 Å². The maximum absolute atomic E-state index is 11.9. The van der Waals surface area contributed by atoms with Gasteiger partial charge in [0.2, 0.25) is 0 Å². The summed E-state index contributed by atoms with van der Waals surface area (Å²) in [4.78, 5) is 35.2. The molecule has 1 N–H and O–H groups in total. The van der Waals surface area contributed by atoms with Crippen molar-refractivity contribution in [1.82, 2.24) is 4.98 Å². The van der Waals surface area contributed by atoms with Crippen LogP contribution in [0.1, 0.15) is 17.4 Å². The number of nitro benzene ring substituents is 1.